The number of nitrogens with one attached hydrogen (secondary N) is 1. The fourth-order valence-corrected chi connectivity index (χ4v) is 11.1. The molecule has 68 heavy (non-hydrogen) atoms. The Hall–Kier alpha value is -2.49. The maximum Gasteiger partial charge on any atom is 0.315 e. The van der Waals surface area contributed by atoms with Crippen LogP contribution in [0, 0.1) is 64.6 Å². The van der Waals surface area contributed by atoms with Crippen molar-refractivity contribution in [2.24, 2.45) is 76.1 Å². The van der Waals surface area contributed by atoms with E-state index >= 15 is 0 Å². The molecule has 2 saturated heterocycles. The summed E-state index contributed by atoms with van der Waals surface area (Å²) in [5.41, 5.74) is 10.9. The Labute approximate surface area is 429 Å². The zero-order chi connectivity index (χ0) is 50.3. The van der Waals surface area contributed by atoms with E-state index in [0.29, 0.717) is 47.4 Å². The van der Waals surface area contributed by atoms with Crippen LogP contribution in [0.15, 0.2) is 48.6 Å². The first-order chi connectivity index (χ1) is 31.5. The molecule has 19 atom stereocenters. The van der Waals surface area contributed by atoms with E-state index < -0.39 is 5.97 Å². The maximum atomic E-state index is 11.1. The monoisotopic (exact) mass is 1150 g/mol. The van der Waals surface area contributed by atoms with Crippen molar-refractivity contribution in [2.45, 2.75) is 132 Å². The highest BCUT2D eigenvalue weighted by atomic mass is 79.9. The van der Waals surface area contributed by atoms with Crippen molar-refractivity contribution in [3.05, 3.63) is 48.6 Å². The molecule has 0 aromatic heterocycles. The summed E-state index contributed by atoms with van der Waals surface area (Å²) in [4.78, 5) is 54.3. The number of halogens is 3. The van der Waals surface area contributed by atoms with Crippen LogP contribution in [0.2, 0.25) is 0 Å². The normalized spacial score (nSPS) is 39.9. The Morgan fingerprint density at radius 2 is 1.28 bits per heavy atom. The summed E-state index contributed by atoms with van der Waals surface area (Å²) in [6.45, 7) is 10.5. The molecule has 2 heterocycles. The lowest BCUT2D eigenvalue weighted by molar-refractivity contribution is -0.196. The fraction of sp³-hybridized carbons (Fsp3) is 0.735. The first-order valence-electron chi connectivity index (χ1n) is 23.5. The number of nitrogens with two attached hydrogens (primary N) is 2. The number of fused-ring (bicyclic) bond motifs is 3. The van der Waals surface area contributed by atoms with Gasteiger partial charge in [-0.05, 0) is 82.0 Å². The average molecular weight is 1160 g/mol. The zero-order valence-electron chi connectivity index (χ0n) is 40.4. The highest BCUT2D eigenvalue weighted by Crippen LogP contribution is 2.53. The van der Waals surface area contributed by atoms with E-state index in [-0.39, 0.29) is 130 Å². The Balaban J connectivity index is 0.000000272. The molecule has 9 aliphatic rings. The predicted octanol–water partition coefficient (Wildman–Crippen LogP) is 4.91. The molecule has 1 amide bonds. The summed E-state index contributed by atoms with van der Waals surface area (Å²) in [5.74, 6) is 1.20. The molecule has 0 radical (unpaired) electrons. The number of hydrogen-bond acceptors (Lipinski definition) is 14. The van der Waals surface area contributed by atoms with E-state index in [4.69, 9.17) is 36.6 Å². The molecule has 2 aliphatic heterocycles. The van der Waals surface area contributed by atoms with Crippen LogP contribution in [0.25, 0.3) is 0 Å². The largest absolute Gasteiger partial charge is 0.481 e. The molecule has 16 nitrogen and oxygen atoms in total. The van der Waals surface area contributed by atoms with Gasteiger partial charge in [0, 0.05) is 48.0 Å². The molecule has 10 N–H and O–H groups in total. The van der Waals surface area contributed by atoms with Gasteiger partial charge >= 0.3 is 23.9 Å². The smallest absolute Gasteiger partial charge is 0.315 e. The molecule has 5 fully saturated rings. The molecule has 3 saturated carbocycles. The molecular formula is C49H78Br3N3O13. The maximum absolute atomic E-state index is 11.1. The molecule has 2 bridgehead atoms. The SMILES string of the molecule is Br.COC(=O)[C@@H]1C=C[C@H](C)C1.COC(=O)[C@@H]1C=C[C@H](N)C1.C[C@@H]1C[C@@H](CO)[C@@H](O)[C@@H]1Br.C[C@@H]1C[C@@]2(C)C(=O)O[C@H]2[C@@H]1Br.C[C@H]1C=C[C@H](C(=O)O)C1.N[C@@H]1C[C@@H](CO)[C@@H](O)C1.O=C1N[C@H]2C=C[C@@H]1C2. The molecule has 388 valence electrons. The average Bonchev–Trinajstić information content (AvgIpc) is 4.20. The van der Waals surface area contributed by atoms with Crippen LogP contribution >= 0.6 is 48.8 Å². The molecule has 9 rings (SSSR count). The van der Waals surface area contributed by atoms with Crippen LogP contribution in [-0.4, -0.2) is 129 Å². The van der Waals surface area contributed by atoms with Crippen molar-refractivity contribution in [3.63, 3.8) is 0 Å². The number of amides is 1. The topological polar surface area (TPSA) is 278 Å². The van der Waals surface area contributed by atoms with Crippen molar-refractivity contribution in [1.29, 1.82) is 0 Å². The number of methoxy groups -OCH3 is 2. The Kier molecular flexibility index (Phi) is 26.4. The first kappa shape index (κ1) is 61.6. The number of aliphatic hydroxyl groups excluding tert-OH is 4. The summed E-state index contributed by atoms with van der Waals surface area (Å²) < 4.78 is 14.2. The van der Waals surface area contributed by atoms with Crippen molar-refractivity contribution < 1.29 is 63.7 Å². The van der Waals surface area contributed by atoms with E-state index in [1.54, 1.807) is 12.2 Å². The van der Waals surface area contributed by atoms with Gasteiger partial charge in [-0.25, -0.2) is 0 Å². The number of allylic oxidation sites excluding steroid dienone is 2. The van der Waals surface area contributed by atoms with Crippen molar-refractivity contribution in [1.82, 2.24) is 5.32 Å². The summed E-state index contributed by atoms with van der Waals surface area (Å²) >= 11 is 6.94. The van der Waals surface area contributed by atoms with Gasteiger partial charge in [0.25, 0.3) is 0 Å². The Morgan fingerprint density at radius 1 is 0.735 bits per heavy atom. The van der Waals surface area contributed by atoms with Crippen molar-refractivity contribution >= 4 is 78.6 Å². The second-order valence-electron chi connectivity index (χ2n) is 19.7. The predicted molar refractivity (Wildman–Crippen MR) is 271 cm³/mol. The number of carbonyl (C=O) groups is 5. The Bertz CT molecular complexity index is 1730. The molecule has 0 aromatic carbocycles. The van der Waals surface area contributed by atoms with Crippen LogP contribution in [0.4, 0.5) is 0 Å². The molecule has 19 heteroatoms. The third-order valence-corrected chi connectivity index (χ3v) is 16.7. The third kappa shape index (κ3) is 17.7. The van der Waals surface area contributed by atoms with Gasteiger partial charge in [-0.15, -0.1) is 17.0 Å². The number of carboxylic acids is 1. The fourth-order valence-electron chi connectivity index (χ4n) is 9.62. The highest BCUT2D eigenvalue weighted by Gasteiger charge is 2.63. The number of aliphatic hydroxyl groups is 4. The minimum atomic E-state index is -0.699. The van der Waals surface area contributed by atoms with Gasteiger partial charge in [0.05, 0.1) is 54.9 Å². The highest BCUT2D eigenvalue weighted by molar-refractivity contribution is 9.09. The van der Waals surface area contributed by atoms with Gasteiger partial charge < -0.3 is 56.5 Å². The van der Waals surface area contributed by atoms with Crippen molar-refractivity contribution in [3.8, 4) is 0 Å². The van der Waals surface area contributed by atoms with E-state index in [2.05, 4.69) is 79.6 Å². The molecule has 0 unspecified atom stereocenters. The van der Waals surface area contributed by atoms with Crippen LogP contribution in [0.5, 0.6) is 0 Å². The Morgan fingerprint density at radius 3 is 1.54 bits per heavy atom. The van der Waals surface area contributed by atoms with Gasteiger partial charge in [-0.1, -0.05) is 108 Å². The van der Waals surface area contributed by atoms with Gasteiger partial charge in [-0.3, -0.25) is 24.0 Å². The quantitative estimate of drug-likeness (QED) is 0.0786. The number of aliphatic carboxylic acids is 1. The second kappa shape index (κ2) is 29.1. The minimum absolute atomic E-state index is 0. The van der Waals surface area contributed by atoms with Gasteiger partial charge in [0.2, 0.25) is 5.91 Å². The van der Waals surface area contributed by atoms with E-state index in [9.17, 15) is 29.1 Å². The van der Waals surface area contributed by atoms with Crippen LogP contribution in [0.3, 0.4) is 0 Å². The zero-order valence-corrected chi connectivity index (χ0v) is 45.3. The number of ether oxygens (including phenoxy) is 3. The molecule has 0 spiro atoms. The summed E-state index contributed by atoms with van der Waals surface area (Å²) in [6, 6.07) is 0.494. The molecule has 0 aromatic rings. The van der Waals surface area contributed by atoms with E-state index in [1.807, 2.05) is 38.2 Å². The number of rotatable bonds is 5. The third-order valence-electron chi connectivity index (χ3n) is 13.9. The standard InChI is InChI=1S/C8H11BrO2.C8H12O2.C7H13BrO2.C7H11NO2.C7H10O2.C6H13NO2.C6H7NO.BrH/c1-4-3-8(2)6(5(4)9)11-7(8)10;1-6-3-4-7(5-6)8(9)10-2;1-4-2-5(3-9)7(10)6(4)8;1-10-7(9)5-2-3-6(8)4-5;1-5-2-3-6(4-5)7(8)9;7-5-1-4(3-8)6(9)2-5;8-6-4-1-2-5(3-4)7-6;/h4-6H,3H2,1-2H3;3-4,6-7H,5H2,1-2H3;4-7,9-10H,2-3H2,1H3;2-3,5-6H,4,8H2,1H3;2-3,5-6H,4H2,1H3,(H,8,9);4-6,8-9H,1-3,7H2;1-2,4-5H,3H2,(H,7,8);1H/t4-,5-,6+,8-;6-,7+;4-,5+,6-,7-;5-,6+;5-,6-;4-,5+,6-;4-,5+;/m1011001./s1. The second-order valence-corrected chi connectivity index (χ2v) is 21.8. The number of hydrogen-bond donors (Lipinski definition) is 8. The van der Waals surface area contributed by atoms with Crippen LogP contribution in [0.1, 0.15) is 86.0 Å². The molecule has 7 aliphatic carbocycles. The number of carbonyl (C=O) groups excluding carboxylic acids is 4. The minimum Gasteiger partial charge on any atom is -0.481 e. The van der Waals surface area contributed by atoms with Gasteiger partial charge in [0.15, 0.2) is 0 Å². The van der Waals surface area contributed by atoms with E-state index in [0.717, 1.165) is 38.5 Å². The number of alkyl halides is 2. The number of carboxylic acid groups (broad SMARTS) is 1. The van der Waals surface area contributed by atoms with E-state index in [1.165, 1.54) is 14.2 Å². The van der Waals surface area contributed by atoms with Gasteiger partial charge in [0.1, 0.15) is 11.5 Å². The summed E-state index contributed by atoms with van der Waals surface area (Å²) in [6.07, 6.45) is 21.5. The van der Waals surface area contributed by atoms with Crippen LogP contribution < -0.4 is 16.8 Å². The van der Waals surface area contributed by atoms with Crippen molar-refractivity contribution in [2.75, 3.05) is 27.4 Å². The lowest BCUT2D eigenvalue weighted by Crippen LogP contribution is -2.53. The summed E-state index contributed by atoms with van der Waals surface area (Å²) in [5, 5.41) is 47.3. The summed E-state index contributed by atoms with van der Waals surface area (Å²) in [7, 11) is 2.82. The van der Waals surface area contributed by atoms with Gasteiger partial charge in [-0.2, -0.15) is 0 Å². The molecular weight excluding hydrogens is 1080 g/mol. The lowest BCUT2D eigenvalue weighted by Gasteiger charge is -2.40. The van der Waals surface area contributed by atoms with Crippen LogP contribution in [-0.2, 0) is 38.2 Å². The lowest BCUT2D eigenvalue weighted by atomic mass is 9.81. The first-order valence-corrected chi connectivity index (χ1v) is 25.3. The number of esters is 3.